The Labute approximate surface area is 160 Å². The summed E-state index contributed by atoms with van der Waals surface area (Å²) in [4.78, 5) is 35.7. The lowest BCUT2D eigenvalue weighted by Crippen LogP contribution is -2.51. The lowest BCUT2D eigenvalue weighted by atomic mass is 9.50. The van der Waals surface area contributed by atoms with Gasteiger partial charge < -0.3 is 15.8 Å². The second-order valence-electron chi connectivity index (χ2n) is 8.60. The fourth-order valence-corrected chi connectivity index (χ4v) is 5.52. The van der Waals surface area contributed by atoms with Gasteiger partial charge in [0.2, 0.25) is 5.91 Å². The van der Waals surface area contributed by atoms with Crippen molar-refractivity contribution in [2.75, 3.05) is 6.54 Å². The van der Waals surface area contributed by atoms with Crippen LogP contribution in [0.25, 0.3) is 0 Å². The third-order valence-corrected chi connectivity index (χ3v) is 7.14. The molecule has 2 fully saturated rings. The van der Waals surface area contributed by atoms with Crippen LogP contribution in [-0.4, -0.2) is 30.2 Å². The van der Waals surface area contributed by atoms with Gasteiger partial charge in [0, 0.05) is 18.4 Å². The first-order chi connectivity index (χ1) is 12.7. The highest BCUT2D eigenvalue weighted by atomic mass is 16.5. The topological polar surface area (TPSA) is 98.5 Å². The van der Waals surface area contributed by atoms with Gasteiger partial charge in [-0.2, -0.15) is 0 Å². The molecule has 0 spiro atoms. The molecule has 4 unspecified atom stereocenters. The molecule has 0 bridgehead atoms. The van der Waals surface area contributed by atoms with E-state index in [1.807, 2.05) is 0 Å². The number of rotatable bonds is 6. The van der Waals surface area contributed by atoms with Gasteiger partial charge in [0.15, 0.2) is 0 Å². The number of Topliss-reactive ketones (excluding diaryl/α,β-unsaturated/α-hetero) is 1. The van der Waals surface area contributed by atoms with Gasteiger partial charge in [0.05, 0.1) is 18.7 Å². The van der Waals surface area contributed by atoms with Crippen LogP contribution < -0.4 is 11.1 Å². The summed E-state index contributed by atoms with van der Waals surface area (Å²) < 4.78 is 4.99. The van der Waals surface area contributed by atoms with Crippen molar-refractivity contribution < 1.29 is 19.1 Å². The SMILES string of the molecule is C=C1CCC2[C@@H](C)C(=O)CC[C@]2(C)C1CC(NCC(N)=O)C1C=COC1=O. The van der Waals surface area contributed by atoms with Crippen molar-refractivity contribution in [2.24, 2.45) is 34.8 Å². The first-order valence-corrected chi connectivity index (χ1v) is 9.83. The number of nitrogens with two attached hydrogens (primary N) is 1. The van der Waals surface area contributed by atoms with Gasteiger partial charge in [-0.05, 0) is 49.0 Å². The second-order valence-corrected chi connectivity index (χ2v) is 8.60. The molecule has 148 valence electrons. The highest BCUT2D eigenvalue weighted by Gasteiger charge is 2.52. The van der Waals surface area contributed by atoms with Gasteiger partial charge in [0.25, 0.3) is 0 Å². The molecule has 1 aliphatic heterocycles. The standard InChI is InChI=1S/C21H30N2O4/c1-12-4-5-15-13(2)18(24)6-8-21(15,3)16(12)10-17(23-11-19(22)25)14-7-9-27-20(14)26/h7,9,13-17,23H,1,4-6,8,10-11H2,2-3H3,(H2,22,25)/t13-,14?,15?,16?,17?,21+/m1/s1. The fraction of sp³-hybridized carbons (Fsp3) is 0.667. The van der Waals surface area contributed by atoms with Gasteiger partial charge in [-0.3, -0.25) is 14.4 Å². The zero-order valence-electron chi connectivity index (χ0n) is 16.2. The normalized spacial score (nSPS) is 37.0. The third-order valence-electron chi connectivity index (χ3n) is 7.14. The Balaban J connectivity index is 1.85. The smallest absolute Gasteiger partial charge is 0.319 e. The molecular weight excluding hydrogens is 344 g/mol. The van der Waals surface area contributed by atoms with Crippen LogP contribution in [0.3, 0.4) is 0 Å². The molecule has 1 heterocycles. The molecule has 3 aliphatic rings. The van der Waals surface area contributed by atoms with Crippen LogP contribution in [0.5, 0.6) is 0 Å². The van der Waals surface area contributed by atoms with Crippen LogP contribution >= 0.6 is 0 Å². The Morgan fingerprint density at radius 3 is 2.81 bits per heavy atom. The number of carbonyl (C=O) groups excluding carboxylic acids is 3. The van der Waals surface area contributed by atoms with Crippen LogP contribution in [0.2, 0.25) is 0 Å². The maximum Gasteiger partial charge on any atom is 0.319 e. The van der Waals surface area contributed by atoms with Gasteiger partial charge >= 0.3 is 5.97 Å². The number of ether oxygens (including phenoxy) is 1. The molecule has 6 nitrogen and oxygen atoms in total. The van der Waals surface area contributed by atoms with Crippen molar-refractivity contribution in [3.05, 3.63) is 24.5 Å². The van der Waals surface area contributed by atoms with Crippen LogP contribution in [-0.2, 0) is 19.1 Å². The molecule has 2 saturated carbocycles. The Bertz CT molecular complexity index is 686. The Morgan fingerprint density at radius 2 is 2.19 bits per heavy atom. The summed E-state index contributed by atoms with van der Waals surface area (Å²) in [5, 5.41) is 3.16. The molecule has 0 aromatic rings. The number of nitrogens with one attached hydrogen (secondary N) is 1. The van der Waals surface area contributed by atoms with Crippen molar-refractivity contribution in [2.45, 2.75) is 52.0 Å². The summed E-state index contributed by atoms with van der Waals surface area (Å²) in [5.74, 6) is -0.284. The number of allylic oxidation sites excluding steroid dienone is 1. The first kappa shape index (κ1) is 19.8. The average Bonchev–Trinajstić information content (AvgIpc) is 3.03. The molecule has 0 saturated heterocycles. The molecule has 1 amide bonds. The van der Waals surface area contributed by atoms with Crippen LogP contribution in [0.4, 0.5) is 0 Å². The number of amides is 1. The number of ketones is 1. The molecule has 0 aromatic carbocycles. The van der Waals surface area contributed by atoms with Crippen molar-refractivity contribution in [1.29, 1.82) is 0 Å². The van der Waals surface area contributed by atoms with Gasteiger partial charge in [-0.25, -0.2) is 0 Å². The van der Waals surface area contributed by atoms with Gasteiger partial charge in [-0.15, -0.1) is 0 Å². The lowest BCUT2D eigenvalue weighted by molar-refractivity contribution is -0.140. The highest BCUT2D eigenvalue weighted by Crippen LogP contribution is 2.57. The minimum Gasteiger partial charge on any atom is -0.434 e. The van der Waals surface area contributed by atoms with E-state index >= 15 is 0 Å². The Morgan fingerprint density at radius 1 is 1.44 bits per heavy atom. The van der Waals surface area contributed by atoms with E-state index < -0.39 is 11.8 Å². The summed E-state index contributed by atoms with van der Waals surface area (Å²) in [6.45, 7) is 8.66. The summed E-state index contributed by atoms with van der Waals surface area (Å²) in [5.41, 5.74) is 6.46. The van der Waals surface area contributed by atoms with Gasteiger partial charge in [0.1, 0.15) is 5.78 Å². The minimum absolute atomic E-state index is 0.0104. The molecule has 3 rings (SSSR count). The minimum atomic E-state index is -0.459. The molecule has 6 atom stereocenters. The molecule has 3 N–H and O–H groups in total. The van der Waals surface area contributed by atoms with Crippen LogP contribution in [0, 0.1) is 29.1 Å². The number of fused-ring (bicyclic) bond motifs is 1. The van der Waals surface area contributed by atoms with E-state index in [1.165, 1.54) is 11.8 Å². The monoisotopic (exact) mass is 374 g/mol. The van der Waals surface area contributed by atoms with Crippen molar-refractivity contribution >= 4 is 17.7 Å². The largest absolute Gasteiger partial charge is 0.434 e. The van der Waals surface area contributed by atoms with Crippen molar-refractivity contribution in [1.82, 2.24) is 5.32 Å². The predicted octanol–water partition coefficient (Wildman–Crippen LogP) is 2.09. The van der Waals surface area contributed by atoms with E-state index in [0.717, 1.165) is 19.3 Å². The predicted molar refractivity (Wildman–Crippen MR) is 101 cm³/mol. The number of hydrogen-bond acceptors (Lipinski definition) is 5. The summed E-state index contributed by atoms with van der Waals surface area (Å²) in [6, 6.07) is -0.256. The van der Waals surface area contributed by atoms with E-state index in [2.05, 4.69) is 25.7 Å². The molecule has 2 aliphatic carbocycles. The van der Waals surface area contributed by atoms with E-state index in [-0.39, 0.29) is 35.8 Å². The Hall–Kier alpha value is -1.95. The van der Waals surface area contributed by atoms with Crippen LogP contribution in [0.1, 0.15) is 46.0 Å². The molecular formula is C21H30N2O4. The highest BCUT2D eigenvalue weighted by molar-refractivity contribution is 5.82. The third kappa shape index (κ3) is 3.72. The van der Waals surface area contributed by atoms with Crippen LogP contribution in [0.15, 0.2) is 24.5 Å². The zero-order valence-corrected chi connectivity index (χ0v) is 16.2. The molecule has 6 heteroatoms. The van der Waals surface area contributed by atoms with E-state index in [4.69, 9.17) is 10.5 Å². The molecule has 27 heavy (non-hydrogen) atoms. The van der Waals surface area contributed by atoms with E-state index in [1.54, 1.807) is 6.08 Å². The Kier molecular flexibility index (Phi) is 5.56. The number of esters is 1. The number of cyclic esters (lactones) is 1. The molecule has 0 radical (unpaired) electrons. The summed E-state index contributed by atoms with van der Waals surface area (Å²) >= 11 is 0. The number of hydrogen-bond donors (Lipinski definition) is 2. The van der Waals surface area contributed by atoms with Crippen molar-refractivity contribution in [3.63, 3.8) is 0 Å². The van der Waals surface area contributed by atoms with Gasteiger partial charge in [-0.1, -0.05) is 26.0 Å². The second kappa shape index (κ2) is 7.58. The van der Waals surface area contributed by atoms with E-state index in [0.29, 0.717) is 24.5 Å². The quantitative estimate of drug-likeness (QED) is 0.548. The number of carbonyl (C=O) groups is 3. The van der Waals surface area contributed by atoms with E-state index in [9.17, 15) is 14.4 Å². The lowest BCUT2D eigenvalue weighted by Gasteiger charge is -2.54. The maximum absolute atomic E-state index is 12.3. The fourth-order valence-electron chi connectivity index (χ4n) is 5.52. The maximum atomic E-state index is 12.3. The zero-order chi connectivity index (χ0) is 19.8. The summed E-state index contributed by atoms with van der Waals surface area (Å²) in [6.07, 6.45) is 7.15. The summed E-state index contributed by atoms with van der Waals surface area (Å²) in [7, 11) is 0. The first-order valence-electron chi connectivity index (χ1n) is 9.83. The average molecular weight is 374 g/mol. The number of primary amides is 1. The van der Waals surface area contributed by atoms with Crippen molar-refractivity contribution in [3.8, 4) is 0 Å². The molecule has 0 aromatic heterocycles.